The number of rotatable bonds is 7. The molecule has 0 saturated heterocycles. The van der Waals surface area contributed by atoms with Crippen molar-refractivity contribution < 1.29 is 0 Å². The van der Waals surface area contributed by atoms with Crippen LogP contribution in [0.3, 0.4) is 0 Å². The SMILES string of the molecule is CC(C)Cn1c(N)c(C(=NCc2ccc(-n3cncn3)cc2)Nc2ccccc2)c(=S)n(C)c1=O. The molecule has 0 radical (unpaired) electrons. The molecule has 180 valence electrons. The van der Waals surface area contributed by atoms with Gasteiger partial charge in [-0.05, 0) is 35.7 Å². The van der Waals surface area contributed by atoms with Gasteiger partial charge in [0, 0.05) is 19.3 Å². The summed E-state index contributed by atoms with van der Waals surface area (Å²) in [7, 11) is 1.66. The Bertz CT molecular complexity index is 1440. The first-order valence-corrected chi connectivity index (χ1v) is 11.7. The van der Waals surface area contributed by atoms with Crippen LogP contribution in [0.4, 0.5) is 11.5 Å². The predicted molar refractivity (Wildman–Crippen MR) is 141 cm³/mol. The molecule has 4 rings (SSSR count). The summed E-state index contributed by atoms with van der Waals surface area (Å²) >= 11 is 5.66. The maximum atomic E-state index is 12.9. The van der Waals surface area contributed by atoms with Crippen molar-refractivity contribution in [1.29, 1.82) is 0 Å². The zero-order valence-corrected chi connectivity index (χ0v) is 20.7. The standard InChI is InChI=1S/C25H28N8OS/c1-17(2)14-32-22(26)21(24(35)31(3)25(32)34)23(30-19-7-5-4-6-8-19)28-13-18-9-11-20(12-10-18)33-16-27-15-29-33/h4-12,15-17H,13-14,26H2,1-3H3,(H,28,30). The molecule has 0 fully saturated rings. The number of nitrogens with zero attached hydrogens (tertiary/aromatic N) is 6. The first kappa shape index (κ1) is 24.1. The van der Waals surface area contributed by atoms with E-state index in [1.165, 1.54) is 10.9 Å². The van der Waals surface area contributed by atoms with Crippen LogP contribution >= 0.6 is 12.2 Å². The summed E-state index contributed by atoms with van der Waals surface area (Å²) in [6.07, 6.45) is 3.14. The number of hydrogen-bond acceptors (Lipinski definition) is 6. The van der Waals surface area contributed by atoms with Crippen LogP contribution in [0.15, 0.2) is 77.0 Å². The summed E-state index contributed by atoms with van der Waals surface area (Å²) in [5.41, 5.74) is 9.57. The number of para-hydroxylation sites is 1. The van der Waals surface area contributed by atoms with Gasteiger partial charge in [-0.1, -0.05) is 56.4 Å². The molecule has 0 spiro atoms. The predicted octanol–water partition coefficient (Wildman–Crippen LogP) is 3.79. The lowest BCUT2D eigenvalue weighted by Gasteiger charge is -2.19. The van der Waals surface area contributed by atoms with E-state index in [1.807, 2.05) is 68.4 Å². The molecule has 0 aliphatic carbocycles. The lowest BCUT2D eigenvalue weighted by molar-refractivity contribution is 0.495. The Morgan fingerprint density at radius 1 is 1.14 bits per heavy atom. The van der Waals surface area contributed by atoms with Crippen molar-refractivity contribution in [3.05, 3.63) is 93.5 Å². The van der Waals surface area contributed by atoms with Crippen LogP contribution in [0.5, 0.6) is 0 Å². The molecule has 0 atom stereocenters. The third-order valence-electron chi connectivity index (χ3n) is 5.44. The van der Waals surface area contributed by atoms with Gasteiger partial charge in [-0.15, -0.1) is 0 Å². The zero-order valence-electron chi connectivity index (χ0n) is 19.9. The van der Waals surface area contributed by atoms with Crippen molar-refractivity contribution in [2.45, 2.75) is 26.9 Å². The number of nitrogens with two attached hydrogens (primary N) is 1. The number of nitrogen functional groups attached to an aromatic ring is 1. The minimum Gasteiger partial charge on any atom is -0.384 e. The molecule has 10 heteroatoms. The monoisotopic (exact) mass is 488 g/mol. The number of nitrogens with one attached hydrogen (secondary N) is 1. The fourth-order valence-corrected chi connectivity index (χ4v) is 3.93. The molecule has 3 N–H and O–H groups in total. The van der Waals surface area contributed by atoms with E-state index in [2.05, 4.69) is 15.4 Å². The number of amidine groups is 1. The summed E-state index contributed by atoms with van der Waals surface area (Å²) in [6.45, 7) is 4.93. The first-order chi connectivity index (χ1) is 16.8. The lowest BCUT2D eigenvalue weighted by Crippen LogP contribution is -2.36. The van der Waals surface area contributed by atoms with E-state index in [9.17, 15) is 4.79 Å². The summed E-state index contributed by atoms with van der Waals surface area (Å²) in [5.74, 6) is 1.03. The molecule has 4 aromatic rings. The molecular formula is C25H28N8OS. The van der Waals surface area contributed by atoms with Gasteiger partial charge in [-0.2, -0.15) is 5.10 Å². The highest BCUT2D eigenvalue weighted by atomic mass is 32.1. The molecule has 0 bridgehead atoms. The normalized spacial score (nSPS) is 11.7. The summed E-state index contributed by atoms with van der Waals surface area (Å²) in [4.78, 5) is 21.7. The van der Waals surface area contributed by atoms with Crippen molar-refractivity contribution >= 4 is 29.6 Å². The number of aromatic nitrogens is 5. The molecule has 35 heavy (non-hydrogen) atoms. The van der Waals surface area contributed by atoms with E-state index in [4.69, 9.17) is 22.9 Å². The van der Waals surface area contributed by atoms with E-state index in [1.54, 1.807) is 22.6 Å². The minimum atomic E-state index is -0.243. The highest BCUT2D eigenvalue weighted by molar-refractivity contribution is 7.71. The Morgan fingerprint density at radius 3 is 2.49 bits per heavy atom. The molecular weight excluding hydrogens is 460 g/mol. The molecule has 0 saturated carbocycles. The summed E-state index contributed by atoms with van der Waals surface area (Å²) in [6, 6.07) is 17.6. The van der Waals surface area contributed by atoms with E-state index in [0.717, 1.165) is 16.9 Å². The average Bonchev–Trinajstić information content (AvgIpc) is 3.40. The van der Waals surface area contributed by atoms with E-state index >= 15 is 0 Å². The summed E-state index contributed by atoms with van der Waals surface area (Å²) in [5, 5.41) is 7.51. The smallest absolute Gasteiger partial charge is 0.330 e. The second-order valence-electron chi connectivity index (χ2n) is 8.57. The van der Waals surface area contributed by atoms with Gasteiger partial charge in [0.05, 0.1) is 17.8 Å². The number of benzene rings is 2. The van der Waals surface area contributed by atoms with Crippen LogP contribution in [0.25, 0.3) is 5.69 Å². The van der Waals surface area contributed by atoms with Crippen molar-refractivity contribution in [3.8, 4) is 5.69 Å². The quantitative estimate of drug-likeness (QED) is 0.233. The number of hydrogen-bond donors (Lipinski definition) is 2. The van der Waals surface area contributed by atoms with Crippen molar-refractivity contribution in [1.82, 2.24) is 23.9 Å². The summed E-state index contributed by atoms with van der Waals surface area (Å²) < 4.78 is 5.03. The van der Waals surface area contributed by atoms with Crippen LogP contribution in [-0.2, 0) is 20.1 Å². The molecule has 2 aromatic heterocycles. The van der Waals surface area contributed by atoms with Crippen LogP contribution in [0, 0.1) is 10.6 Å². The van der Waals surface area contributed by atoms with Gasteiger partial charge in [0.25, 0.3) is 0 Å². The largest absolute Gasteiger partial charge is 0.384 e. The van der Waals surface area contributed by atoms with Crippen LogP contribution in [0.2, 0.25) is 0 Å². The van der Waals surface area contributed by atoms with Gasteiger partial charge in [0.15, 0.2) is 0 Å². The molecule has 0 aliphatic heterocycles. The van der Waals surface area contributed by atoms with E-state index in [0.29, 0.717) is 34.9 Å². The van der Waals surface area contributed by atoms with Gasteiger partial charge < -0.3 is 11.1 Å². The third kappa shape index (κ3) is 5.38. The molecule has 9 nitrogen and oxygen atoms in total. The molecule has 2 heterocycles. The maximum absolute atomic E-state index is 12.9. The molecule has 0 unspecified atom stereocenters. The fraction of sp³-hybridized carbons (Fsp3) is 0.240. The molecule has 2 aromatic carbocycles. The zero-order chi connectivity index (χ0) is 24.9. The van der Waals surface area contributed by atoms with Gasteiger partial charge in [0.2, 0.25) is 0 Å². The molecule has 0 amide bonds. The van der Waals surface area contributed by atoms with Crippen LogP contribution < -0.4 is 16.7 Å². The minimum absolute atomic E-state index is 0.227. The van der Waals surface area contributed by atoms with Gasteiger partial charge in [0.1, 0.15) is 28.9 Å². The molecule has 0 aliphatic rings. The third-order valence-corrected chi connectivity index (χ3v) is 5.92. The van der Waals surface area contributed by atoms with Gasteiger partial charge in [-0.3, -0.25) is 14.1 Å². The highest BCUT2D eigenvalue weighted by Crippen LogP contribution is 2.18. The Balaban J connectivity index is 1.76. The van der Waals surface area contributed by atoms with E-state index < -0.39 is 0 Å². The highest BCUT2D eigenvalue weighted by Gasteiger charge is 2.19. The average molecular weight is 489 g/mol. The Kier molecular flexibility index (Phi) is 7.21. The Labute approximate surface area is 208 Å². The van der Waals surface area contributed by atoms with E-state index in [-0.39, 0.29) is 11.6 Å². The number of anilines is 2. The van der Waals surface area contributed by atoms with Crippen molar-refractivity contribution in [3.63, 3.8) is 0 Å². The maximum Gasteiger partial charge on any atom is 0.330 e. The topological polar surface area (TPSA) is 108 Å². The van der Waals surface area contributed by atoms with Crippen molar-refractivity contribution in [2.24, 2.45) is 18.0 Å². The van der Waals surface area contributed by atoms with Gasteiger partial charge >= 0.3 is 5.69 Å². The van der Waals surface area contributed by atoms with Gasteiger partial charge in [-0.25, -0.2) is 14.5 Å². The Morgan fingerprint density at radius 2 is 1.86 bits per heavy atom. The van der Waals surface area contributed by atoms with Crippen molar-refractivity contribution in [2.75, 3.05) is 11.1 Å². The van der Waals surface area contributed by atoms with Crippen LogP contribution in [-0.4, -0.2) is 29.7 Å². The Hall–Kier alpha value is -4.05. The fourth-order valence-electron chi connectivity index (χ4n) is 3.65. The van der Waals surface area contributed by atoms with Crippen LogP contribution in [0.1, 0.15) is 25.0 Å². The second kappa shape index (κ2) is 10.5. The number of aliphatic imine (C=N–C) groups is 1. The lowest BCUT2D eigenvalue weighted by atomic mass is 10.2. The second-order valence-corrected chi connectivity index (χ2v) is 8.96. The first-order valence-electron chi connectivity index (χ1n) is 11.2.